The summed E-state index contributed by atoms with van der Waals surface area (Å²) in [7, 11) is 0. The molecular formula is C21H44N4S. The molecule has 5 heteroatoms. The summed E-state index contributed by atoms with van der Waals surface area (Å²) in [5.41, 5.74) is 0.185. The lowest BCUT2D eigenvalue weighted by Crippen LogP contribution is -2.68. The molecule has 4 nitrogen and oxygen atoms in total. The second kappa shape index (κ2) is 9.13. The lowest BCUT2D eigenvalue weighted by atomic mass is 9.87. The van der Waals surface area contributed by atoms with Crippen molar-refractivity contribution in [2.45, 2.75) is 96.9 Å². The summed E-state index contributed by atoms with van der Waals surface area (Å²) in [6.07, 6.45) is 1.22. The number of hydrogen-bond donors (Lipinski definition) is 1. The average Bonchev–Trinajstić information content (AvgIpc) is 2.59. The van der Waals surface area contributed by atoms with Gasteiger partial charge in [0.05, 0.1) is 0 Å². The van der Waals surface area contributed by atoms with E-state index in [2.05, 4.69) is 87.6 Å². The van der Waals surface area contributed by atoms with Crippen LogP contribution < -0.4 is 0 Å². The molecule has 2 saturated heterocycles. The van der Waals surface area contributed by atoms with Crippen LogP contribution in [0.3, 0.4) is 0 Å². The predicted molar refractivity (Wildman–Crippen MR) is 117 cm³/mol. The number of nitrogens with zero attached hydrogens (tertiary/aromatic N) is 4. The van der Waals surface area contributed by atoms with Crippen molar-refractivity contribution in [3.63, 3.8) is 0 Å². The summed E-state index contributed by atoms with van der Waals surface area (Å²) >= 11 is 4.67. The van der Waals surface area contributed by atoms with E-state index >= 15 is 0 Å². The largest absolute Gasteiger partial charge is 0.298 e. The van der Waals surface area contributed by atoms with Gasteiger partial charge >= 0.3 is 0 Å². The summed E-state index contributed by atoms with van der Waals surface area (Å²) in [5.74, 6) is 0. The Bertz CT molecular complexity index is 440. The molecule has 0 bridgehead atoms. The van der Waals surface area contributed by atoms with E-state index in [4.69, 9.17) is 0 Å². The third-order valence-corrected chi connectivity index (χ3v) is 7.54. The first-order valence-electron chi connectivity index (χ1n) is 10.8. The van der Waals surface area contributed by atoms with Crippen molar-refractivity contribution in [3.8, 4) is 0 Å². The molecule has 0 aromatic heterocycles. The molecule has 2 rings (SSSR count). The Balaban J connectivity index is 2.08. The first kappa shape index (κ1) is 22.5. The zero-order valence-corrected chi connectivity index (χ0v) is 19.5. The molecule has 4 unspecified atom stereocenters. The fourth-order valence-corrected chi connectivity index (χ4v) is 5.27. The molecule has 2 fully saturated rings. The van der Waals surface area contributed by atoms with Crippen molar-refractivity contribution >= 4 is 12.6 Å². The van der Waals surface area contributed by atoms with E-state index < -0.39 is 0 Å². The number of piperazine rings is 2. The molecule has 0 aromatic carbocycles. The van der Waals surface area contributed by atoms with E-state index in [1.54, 1.807) is 0 Å². The van der Waals surface area contributed by atoms with Crippen LogP contribution in [0.25, 0.3) is 0 Å². The smallest absolute Gasteiger partial charge is 0.0500 e. The molecule has 2 aliphatic rings. The zero-order chi connectivity index (χ0) is 19.6. The Morgan fingerprint density at radius 2 is 1.58 bits per heavy atom. The van der Waals surface area contributed by atoms with Gasteiger partial charge in [0.15, 0.2) is 0 Å². The van der Waals surface area contributed by atoms with Gasteiger partial charge in [-0.1, -0.05) is 6.92 Å². The molecular weight excluding hydrogens is 340 g/mol. The molecule has 0 aliphatic carbocycles. The van der Waals surface area contributed by atoms with Gasteiger partial charge in [-0.3, -0.25) is 19.6 Å². The first-order valence-corrected chi connectivity index (χ1v) is 11.3. The van der Waals surface area contributed by atoms with Crippen LogP contribution in [0.4, 0.5) is 0 Å². The van der Waals surface area contributed by atoms with Crippen LogP contribution >= 0.6 is 12.6 Å². The second-order valence-electron chi connectivity index (χ2n) is 9.39. The third-order valence-electron chi connectivity index (χ3n) is 7.21. The summed E-state index contributed by atoms with van der Waals surface area (Å²) in [6.45, 7) is 26.0. The van der Waals surface area contributed by atoms with Crippen molar-refractivity contribution in [2.75, 3.05) is 39.3 Å². The minimum atomic E-state index is 0.185. The van der Waals surface area contributed by atoms with Crippen molar-refractivity contribution in [3.05, 3.63) is 0 Å². The summed E-state index contributed by atoms with van der Waals surface area (Å²) in [5, 5.41) is 0.360. The third kappa shape index (κ3) is 4.78. The van der Waals surface area contributed by atoms with Gasteiger partial charge in [0.25, 0.3) is 0 Å². The number of hydrogen-bond acceptors (Lipinski definition) is 5. The van der Waals surface area contributed by atoms with Gasteiger partial charge < -0.3 is 0 Å². The maximum absolute atomic E-state index is 4.67. The number of rotatable bonds is 6. The minimum absolute atomic E-state index is 0.185. The Morgan fingerprint density at radius 3 is 2.08 bits per heavy atom. The fourth-order valence-electron chi connectivity index (χ4n) is 5.06. The van der Waals surface area contributed by atoms with Crippen molar-refractivity contribution < 1.29 is 0 Å². The van der Waals surface area contributed by atoms with Crippen LogP contribution in [-0.4, -0.2) is 93.9 Å². The maximum atomic E-state index is 4.67. The van der Waals surface area contributed by atoms with Gasteiger partial charge in [-0.05, 0) is 54.9 Å². The van der Waals surface area contributed by atoms with Gasteiger partial charge in [0.2, 0.25) is 0 Å². The highest BCUT2D eigenvalue weighted by atomic mass is 32.1. The molecule has 4 atom stereocenters. The van der Waals surface area contributed by atoms with Crippen LogP contribution in [0, 0.1) is 0 Å². The van der Waals surface area contributed by atoms with E-state index in [1.165, 1.54) is 26.1 Å². The minimum Gasteiger partial charge on any atom is -0.298 e. The Kier molecular flexibility index (Phi) is 7.89. The highest BCUT2D eigenvalue weighted by Crippen LogP contribution is 2.31. The molecule has 2 aliphatic heterocycles. The first-order chi connectivity index (χ1) is 12.1. The van der Waals surface area contributed by atoms with Gasteiger partial charge in [0.1, 0.15) is 0 Å². The molecule has 0 saturated carbocycles. The lowest BCUT2D eigenvalue weighted by molar-refractivity contribution is -0.0644. The van der Waals surface area contributed by atoms with Crippen LogP contribution in [0.1, 0.15) is 61.8 Å². The SMILES string of the molecule is CCC1CN(C(C)S)CCN1C(C)C(C)(C)N1CCN(C(C)C)CC1C. The van der Waals surface area contributed by atoms with Crippen LogP contribution in [0.15, 0.2) is 0 Å². The summed E-state index contributed by atoms with van der Waals surface area (Å²) < 4.78 is 0. The molecule has 2 heterocycles. The van der Waals surface area contributed by atoms with E-state index in [1.807, 2.05) is 0 Å². The van der Waals surface area contributed by atoms with E-state index in [-0.39, 0.29) is 5.54 Å². The summed E-state index contributed by atoms with van der Waals surface area (Å²) in [4.78, 5) is 10.7. The fraction of sp³-hybridized carbons (Fsp3) is 1.00. The molecule has 26 heavy (non-hydrogen) atoms. The quantitative estimate of drug-likeness (QED) is 0.706. The normalized spacial score (nSPS) is 30.7. The summed E-state index contributed by atoms with van der Waals surface area (Å²) in [6, 6.07) is 2.46. The molecule has 0 N–H and O–H groups in total. The van der Waals surface area contributed by atoms with Gasteiger partial charge in [0, 0.05) is 74.3 Å². The van der Waals surface area contributed by atoms with Crippen molar-refractivity contribution in [1.82, 2.24) is 19.6 Å². The van der Waals surface area contributed by atoms with Crippen LogP contribution in [-0.2, 0) is 0 Å². The monoisotopic (exact) mass is 384 g/mol. The van der Waals surface area contributed by atoms with Crippen LogP contribution in [0.2, 0.25) is 0 Å². The molecule has 0 aromatic rings. The average molecular weight is 385 g/mol. The predicted octanol–water partition coefficient (Wildman–Crippen LogP) is 3.24. The molecule has 0 spiro atoms. The Morgan fingerprint density at radius 1 is 0.962 bits per heavy atom. The Labute approximate surface area is 168 Å². The van der Waals surface area contributed by atoms with Crippen molar-refractivity contribution in [1.29, 1.82) is 0 Å². The van der Waals surface area contributed by atoms with E-state index in [0.717, 1.165) is 19.6 Å². The van der Waals surface area contributed by atoms with Gasteiger partial charge in [-0.2, -0.15) is 12.6 Å². The van der Waals surface area contributed by atoms with Crippen LogP contribution in [0.5, 0.6) is 0 Å². The lowest BCUT2D eigenvalue weighted by Gasteiger charge is -2.56. The number of thiol groups is 1. The second-order valence-corrected chi connectivity index (χ2v) is 10.1. The molecule has 0 radical (unpaired) electrons. The molecule has 154 valence electrons. The van der Waals surface area contributed by atoms with Gasteiger partial charge in [-0.25, -0.2) is 0 Å². The Hall–Kier alpha value is 0.190. The van der Waals surface area contributed by atoms with E-state index in [0.29, 0.717) is 29.5 Å². The van der Waals surface area contributed by atoms with Gasteiger partial charge in [-0.15, -0.1) is 0 Å². The zero-order valence-electron chi connectivity index (χ0n) is 18.6. The highest BCUT2D eigenvalue weighted by molar-refractivity contribution is 7.80. The van der Waals surface area contributed by atoms with Crippen molar-refractivity contribution in [2.24, 2.45) is 0 Å². The topological polar surface area (TPSA) is 13.0 Å². The highest BCUT2D eigenvalue weighted by Gasteiger charge is 2.43. The molecule has 0 amide bonds. The standard InChI is InChI=1S/C21H44N4S/c1-9-20-15-23(19(6)26)10-12-24(20)18(5)21(7,8)25-13-11-22(16(2)3)14-17(25)4/h16-20,26H,9-15H2,1-8H3. The maximum Gasteiger partial charge on any atom is 0.0500 e. The van der Waals surface area contributed by atoms with E-state index in [9.17, 15) is 0 Å².